The number of allylic oxidation sites excluding steroid dienone is 1. The molecule has 0 aromatic carbocycles. The summed E-state index contributed by atoms with van der Waals surface area (Å²) < 4.78 is 0. The van der Waals surface area contributed by atoms with Crippen LogP contribution in [0.1, 0.15) is 20.3 Å². The molecule has 1 N–H and O–H groups in total. The number of hydrogen-bond acceptors (Lipinski definition) is 1. The van der Waals surface area contributed by atoms with Gasteiger partial charge >= 0.3 is 0 Å². The van der Waals surface area contributed by atoms with E-state index in [1.54, 1.807) is 6.92 Å². The molecule has 0 rings (SSSR count). The summed E-state index contributed by atoms with van der Waals surface area (Å²) in [4.78, 5) is 0. The van der Waals surface area contributed by atoms with Gasteiger partial charge in [-0.25, -0.2) is 0 Å². The van der Waals surface area contributed by atoms with Gasteiger partial charge < -0.3 is 5.11 Å². The van der Waals surface area contributed by atoms with E-state index in [1.165, 1.54) is 0 Å². The second kappa shape index (κ2) is 3.67. The van der Waals surface area contributed by atoms with E-state index in [9.17, 15) is 0 Å². The van der Waals surface area contributed by atoms with Crippen LogP contribution in [-0.2, 0) is 0 Å². The van der Waals surface area contributed by atoms with Crippen molar-refractivity contribution >= 4 is 0 Å². The minimum Gasteiger partial charge on any atom is -0.393 e. The predicted molar refractivity (Wildman–Crippen MR) is 35.7 cm³/mol. The van der Waals surface area contributed by atoms with Gasteiger partial charge in [0.05, 0.1) is 6.10 Å². The minimum atomic E-state index is -0.201. The van der Waals surface area contributed by atoms with Crippen LogP contribution in [0.15, 0.2) is 12.7 Å². The highest BCUT2D eigenvalue weighted by atomic mass is 16.3. The normalized spacial score (nSPS) is 17.4. The monoisotopic (exact) mass is 114 g/mol. The van der Waals surface area contributed by atoms with Crippen molar-refractivity contribution in [3.63, 3.8) is 0 Å². The molecule has 1 heteroatoms. The fourth-order valence-corrected chi connectivity index (χ4v) is 0.460. The van der Waals surface area contributed by atoms with Gasteiger partial charge in [0.1, 0.15) is 0 Å². The lowest BCUT2D eigenvalue weighted by molar-refractivity contribution is 0.136. The van der Waals surface area contributed by atoms with Crippen LogP contribution in [0.4, 0.5) is 0 Å². The van der Waals surface area contributed by atoms with Crippen LogP contribution in [0.5, 0.6) is 0 Å². The van der Waals surface area contributed by atoms with Gasteiger partial charge in [-0.2, -0.15) is 0 Å². The summed E-state index contributed by atoms with van der Waals surface area (Å²) in [6.07, 6.45) is 2.53. The number of hydrogen-bond donors (Lipinski definition) is 1. The predicted octanol–water partition coefficient (Wildman–Crippen LogP) is 1.58. The molecule has 0 aromatic rings. The van der Waals surface area contributed by atoms with Crippen molar-refractivity contribution in [3.8, 4) is 0 Å². The largest absolute Gasteiger partial charge is 0.393 e. The van der Waals surface area contributed by atoms with E-state index >= 15 is 0 Å². The quantitative estimate of drug-likeness (QED) is 0.552. The summed E-state index contributed by atoms with van der Waals surface area (Å²) in [6, 6.07) is 0. The second-order valence-corrected chi connectivity index (χ2v) is 2.24. The summed E-state index contributed by atoms with van der Waals surface area (Å²) in [6.45, 7) is 7.38. The Morgan fingerprint density at radius 1 is 1.62 bits per heavy atom. The summed E-state index contributed by atoms with van der Waals surface area (Å²) >= 11 is 0. The van der Waals surface area contributed by atoms with Crippen molar-refractivity contribution in [2.75, 3.05) is 0 Å². The maximum absolute atomic E-state index is 8.90. The highest BCUT2D eigenvalue weighted by Crippen LogP contribution is 2.06. The van der Waals surface area contributed by atoms with Gasteiger partial charge in [-0.05, 0) is 19.3 Å². The number of rotatable bonds is 3. The minimum absolute atomic E-state index is 0.201. The van der Waals surface area contributed by atoms with Gasteiger partial charge in [0.2, 0.25) is 0 Å². The molecule has 2 atom stereocenters. The van der Waals surface area contributed by atoms with Crippen LogP contribution in [-0.4, -0.2) is 11.2 Å². The molecular formula is C7H14O. The first-order valence-electron chi connectivity index (χ1n) is 2.97. The maximum atomic E-state index is 8.90. The van der Waals surface area contributed by atoms with Gasteiger partial charge in [0, 0.05) is 0 Å². The SMILES string of the molecule is C=CCC(C)C(C)O. The topological polar surface area (TPSA) is 20.2 Å². The third kappa shape index (κ3) is 2.80. The van der Waals surface area contributed by atoms with Gasteiger partial charge in [0.25, 0.3) is 0 Å². The summed E-state index contributed by atoms with van der Waals surface area (Å²) in [5, 5.41) is 8.90. The van der Waals surface area contributed by atoms with E-state index in [0.717, 1.165) is 6.42 Å². The van der Waals surface area contributed by atoms with Crippen LogP contribution in [0, 0.1) is 5.92 Å². The summed E-state index contributed by atoms with van der Waals surface area (Å²) in [7, 11) is 0. The third-order valence-electron chi connectivity index (χ3n) is 1.36. The van der Waals surface area contributed by atoms with E-state index < -0.39 is 0 Å². The molecular weight excluding hydrogens is 100 g/mol. The Kier molecular flexibility index (Phi) is 3.53. The van der Waals surface area contributed by atoms with Crippen molar-refractivity contribution in [1.82, 2.24) is 0 Å². The average molecular weight is 114 g/mol. The highest BCUT2D eigenvalue weighted by molar-refractivity contribution is 4.72. The Balaban J connectivity index is 3.30. The van der Waals surface area contributed by atoms with Gasteiger partial charge in [-0.15, -0.1) is 6.58 Å². The zero-order valence-corrected chi connectivity index (χ0v) is 5.59. The molecule has 8 heavy (non-hydrogen) atoms. The Labute approximate surface area is 51.0 Å². The zero-order chi connectivity index (χ0) is 6.57. The Hall–Kier alpha value is -0.300. The van der Waals surface area contributed by atoms with Crippen molar-refractivity contribution in [2.24, 2.45) is 5.92 Å². The third-order valence-corrected chi connectivity index (χ3v) is 1.36. The van der Waals surface area contributed by atoms with Crippen LogP contribution in [0.25, 0.3) is 0 Å². The lowest BCUT2D eigenvalue weighted by Gasteiger charge is -2.10. The molecule has 0 spiro atoms. The molecule has 2 unspecified atom stereocenters. The molecule has 0 heterocycles. The Morgan fingerprint density at radius 2 is 2.12 bits per heavy atom. The van der Waals surface area contributed by atoms with E-state index in [4.69, 9.17) is 5.11 Å². The number of aliphatic hydroxyl groups is 1. The first-order chi connectivity index (χ1) is 3.68. The molecule has 0 aliphatic carbocycles. The van der Waals surface area contributed by atoms with Gasteiger partial charge in [0.15, 0.2) is 0 Å². The zero-order valence-electron chi connectivity index (χ0n) is 5.59. The van der Waals surface area contributed by atoms with Crippen molar-refractivity contribution < 1.29 is 5.11 Å². The lowest BCUT2D eigenvalue weighted by Crippen LogP contribution is -2.11. The van der Waals surface area contributed by atoms with Crippen LogP contribution in [0.2, 0.25) is 0 Å². The van der Waals surface area contributed by atoms with Crippen molar-refractivity contribution in [2.45, 2.75) is 26.4 Å². The molecule has 0 aromatic heterocycles. The van der Waals surface area contributed by atoms with E-state index in [-0.39, 0.29) is 6.10 Å². The summed E-state index contributed by atoms with van der Waals surface area (Å²) in [5.41, 5.74) is 0. The van der Waals surface area contributed by atoms with Crippen LogP contribution in [0.3, 0.4) is 0 Å². The standard InChI is InChI=1S/C7H14O/c1-4-5-6(2)7(3)8/h4,6-8H,1,5H2,2-3H3. The molecule has 0 aliphatic heterocycles. The van der Waals surface area contributed by atoms with E-state index in [1.807, 2.05) is 13.0 Å². The molecule has 0 bridgehead atoms. The molecule has 0 amide bonds. The first kappa shape index (κ1) is 7.70. The molecule has 0 fully saturated rings. The Morgan fingerprint density at radius 3 is 2.25 bits per heavy atom. The van der Waals surface area contributed by atoms with Crippen LogP contribution < -0.4 is 0 Å². The van der Waals surface area contributed by atoms with Crippen molar-refractivity contribution in [1.29, 1.82) is 0 Å². The fraction of sp³-hybridized carbons (Fsp3) is 0.714. The first-order valence-corrected chi connectivity index (χ1v) is 2.97. The molecule has 1 nitrogen and oxygen atoms in total. The summed E-state index contributed by atoms with van der Waals surface area (Å²) in [5.74, 6) is 0.354. The molecule has 0 radical (unpaired) electrons. The second-order valence-electron chi connectivity index (χ2n) is 2.24. The molecule has 0 saturated carbocycles. The highest BCUT2D eigenvalue weighted by Gasteiger charge is 2.04. The van der Waals surface area contributed by atoms with E-state index in [2.05, 4.69) is 6.58 Å². The van der Waals surface area contributed by atoms with Crippen LogP contribution >= 0.6 is 0 Å². The Bertz CT molecular complexity index is 66.8. The van der Waals surface area contributed by atoms with Crippen molar-refractivity contribution in [3.05, 3.63) is 12.7 Å². The maximum Gasteiger partial charge on any atom is 0.0540 e. The molecule has 0 aliphatic rings. The lowest BCUT2D eigenvalue weighted by atomic mass is 10.0. The van der Waals surface area contributed by atoms with Gasteiger partial charge in [-0.1, -0.05) is 13.0 Å². The van der Waals surface area contributed by atoms with E-state index in [0.29, 0.717) is 5.92 Å². The fourth-order valence-electron chi connectivity index (χ4n) is 0.460. The molecule has 48 valence electrons. The number of aliphatic hydroxyl groups excluding tert-OH is 1. The smallest absolute Gasteiger partial charge is 0.0540 e. The molecule has 0 saturated heterocycles. The average Bonchev–Trinajstić information content (AvgIpc) is 1.67. The van der Waals surface area contributed by atoms with Gasteiger partial charge in [-0.3, -0.25) is 0 Å².